The van der Waals surface area contributed by atoms with Gasteiger partial charge >= 0.3 is 0 Å². The summed E-state index contributed by atoms with van der Waals surface area (Å²) < 4.78 is 3.33. The van der Waals surface area contributed by atoms with E-state index in [0.29, 0.717) is 0 Å². The molecule has 0 aromatic heterocycles. The third-order valence-corrected chi connectivity index (χ3v) is 7.27. The van der Waals surface area contributed by atoms with E-state index in [9.17, 15) is 4.79 Å². The van der Waals surface area contributed by atoms with Crippen LogP contribution in [0.1, 0.15) is 56.0 Å². The van der Waals surface area contributed by atoms with Crippen molar-refractivity contribution in [2.24, 2.45) is 0 Å². The topological polar surface area (TPSA) is 35.6 Å². The highest BCUT2D eigenvalue weighted by molar-refractivity contribution is 8.00. The summed E-state index contributed by atoms with van der Waals surface area (Å²) in [5.74, 6) is 1.21. The molecule has 162 valence electrons. The van der Waals surface area contributed by atoms with Gasteiger partial charge < -0.3 is 9.62 Å². The van der Waals surface area contributed by atoms with Crippen molar-refractivity contribution in [2.45, 2.75) is 45.6 Å². The second kappa shape index (κ2) is 10.9. The molecule has 1 N–H and O–H groups in total. The average Bonchev–Trinajstić information content (AvgIpc) is 2.82. The molecule has 1 heterocycles. The summed E-state index contributed by atoms with van der Waals surface area (Å²) in [7, 11) is 0. The molecule has 1 saturated heterocycles. The highest BCUT2D eigenvalue weighted by Gasteiger charge is 2.37. The predicted octanol–water partition coefficient (Wildman–Crippen LogP) is 5.63. The van der Waals surface area contributed by atoms with Crippen molar-refractivity contribution in [3.8, 4) is 0 Å². The number of nitrogens with one attached hydrogen (secondary N) is 1. The molecule has 0 bridgehead atoms. The van der Waals surface area contributed by atoms with Gasteiger partial charge in [-0.1, -0.05) is 63.1 Å². The van der Waals surface area contributed by atoms with E-state index in [2.05, 4.69) is 60.7 Å². The third kappa shape index (κ3) is 5.01. The van der Waals surface area contributed by atoms with E-state index < -0.39 is 0 Å². The quantitative estimate of drug-likeness (QED) is 0.417. The molecule has 0 saturated carbocycles. The maximum Gasteiger partial charge on any atom is 0.253 e. The van der Waals surface area contributed by atoms with Crippen molar-refractivity contribution in [1.82, 2.24) is 9.80 Å². The molecule has 2 aromatic carbocycles. The van der Waals surface area contributed by atoms with E-state index in [1.165, 1.54) is 5.56 Å². The fourth-order valence-corrected chi connectivity index (χ4v) is 5.08. The molecular formula is C25H35N3OS. The molecular weight excluding hydrogens is 390 g/mol. The molecule has 30 heavy (non-hydrogen) atoms. The van der Waals surface area contributed by atoms with Crippen LogP contribution < -0.4 is 4.72 Å². The Kier molecular flexibility index (Phi) is 8.23. The van der Waals surface area contributed by atoms with Crippen LogP contribution in [0, 0.1) is 0 Å². The Bertz CT molecular complexity index is 782. The zero-order chi connectivity index (χ0) is 21.4. The number of nitrogens with zero attached hydrogens (tertiary/aromatic N) is 2. The van der Waals surface area contributed by atoms with Crippen LogP contribution in [0.15, 0.2) is 54.6 Å². The molecule has 1 fully saturated rings. The van der Waals surface area contributed by atoms with Crippen molar-refractivity contribution in [2.75, 3.05) is 36.7 Å². The molecule has 2 aromatic rings. The van der Waals surface area contributed by atoms with Crippen molar-refractivity contribution in [1.29, 1.82) is 0 Å². The standard InChI is InChI=1S/C25H35N3OS/c1-4-20-30-26-23-14-12-21(13-15-23)24(29)27-16-18-28(19-17-27)25(5-2,6-3)22-10-8-7-9-11-22/h7-15,26H,4-6,16-20H2,1-3H3. The van der Waals surface area contributed by atoms with Gasteiger partial charge in [-0.25, -0.2) is 0 Å². The number of piperazine rings is 1. The highest BCUT2D eigenvalue weighted by atomic mass is 32.2. The number of benzene rings is 2. The van der Waals surface area contributed by atoms with Gasteiger partial charge in [0.05, 0.1) is 0 Å². The Labute approximate surface area is 186 Å². The number of carbonyl (C=O) groups is 1. The molecule has 1 amide bonds. The lowest BCUT2D eigenvalue weighted by molar-refractivity contribution is 0.0210. The van der Waals surface area contributed by atoms with Crippen LogP contribution in [0.2, 0.25) is 0 Å². The molecule has 0 unspecified atom stereocenters. The first-order valence-corrected chi connectivity index (χ1v) is 12.2. The number of anilines is 1. The van der Waals surface area contributed by atoms with Crippen LogP contribution in [0.3, 0.4) is 0 Å². The van der Waals surface area contributed by atoms with Crippen LogP contribution in [0.25, 0.3) is 0 Å². The SMILES string of the molecule is CCCSNc1ccc(C(=O)N2CCN(C(CC)(CC)c3ccccc3)CC2)cc1. The lowest BCUT2D eigenvalue weighted by Crippen LogP contribution is -2.56. The smallest absolute Gasteiger partial charge is 0.253 e. The summed E-state index contributed by atoms with van der Waals surface area (Å²) in [4.78, 5) is 17.6. The minimum absolute atomic E-state index is 0.0554. The zero-order valence-corrected chi connectivity index (χ0v) is 19.4. The summed E-state index contributed by atoms with van der Waals surface area (Å²) in [5.41, 5.74) is 3.27. The first kappa shape index (κ1) is 22.7. The molecule has 4 nitrogen and oxygen atoms in total. The van der Waals surface area contributed by atoms with Crippen LogP contribution in [-0.2, 0) is 5.54 Å². The maximum atomic E-state index is 13.0. The molecule has 1 aliphatic heterocycles. The third-order valence-electron chi connectivity index (χ3n) is 6.28. The van der Waals surface area contributed by atoms with Gasteiger partial charge in [-0.05, 0) is 49.1 Å². The number of carbonyl (C=O) groups excluding carboxylic acids is 1. The van der Waals surface area contributed by atoms with Gasteiger partial charge in [0.1, 0.15) is 0 Å². The van der Waals surface area contributed by atoms with E-state index in [0.717, 1.165) is 62.4 Å². The average molecular weight is 426 g/mol. The summed E-state index contributed by atoms with van der Waals surface area (Å²) in [6.45, 7) is 10.1. The number of hydrogen-bond donors (Lipinski definition) is 1. The Hall–Kier alpha value is -1.98. The van der Waals surface area contributed by atoms with Crippen molar-refractivity contribution >= 4 is 23.5 Å². The Morgan fingerprint density at radius 2 is 1.57 bits per heavy atom. The zero-order valence-electron chi connectivity index (χ0n) is 18.6. The largest absolute Gasteiger partial charge is 0.336 e. The van der Waals surface area contributed by atoms with Crippen LogP contribution >= 0.6 is 11.9 Å². The lowest BCUT2D eigenvalue weighted by Gasteiger charge is -2.47. The number of rotatable bonds is 9. The predicted molar refractivity (Wildman–Crippen MR) is 129 cm³/mol. The van der Waals surface area contributed by atoms with Crippen LogP contribution in [0.5, 0.6) is 0 Å². The van der Waals surface area contributed by atoms with Gasteiger partial charge in [0.15, 0.2) is 0 Å². The van der Waals surface area contributed by atoms with Crippen LogP contribution in [0.4, 0.5) is 5.69 Å². The molecule has 0 aliphatic carbocycles. The summed E-state index contributed by atoms with van der Waals surface area (Å²) >= 11 is 1.70. The summed E-state index contributed by atoms with van der Waals surface area (Å²) in [6, 6.07) is 18.7. The first-order valence-electron chi connectivity index (χ1n) is 11.2. The normalized spacial score (nSPS) is 15.2. The van der Waals surface area contributed by atoms with E-state index >= 15 is 0 Å². The molecule has 0 radical (unpaired) electrons. The van der Waals surface area contributed by atoms with Crippen molar-refractivity contribution in [3.63, 3.8) is 0 Å². The Balaban J connectivity index is 1.62. The van der Waals surface area contributed by atoms with Gasteiger partial charge in [-0.15, -0.1) is 0 Å². The van der Waals surface area contributed by atoms with Crippen molar-refractivity contribution < 1.29 is 4.79 Å². The summed E-state index contributed by atoms with van der Waals surface area (Å²) in [6.07, 6.45) is 3.29. The highest BCUT2D eigenvalue weighted by Crippen LogP contribution is 2.36. The fraction of sp³-hybridized carbons (Fsp3) is 0.480. The maximum absolute atomic E-state index is 13.0. The second-order valence-electron chi connectivity index (χ2n) is 7.91. The van der Waals surface area contributed by atoms with Gasteiger partial charge in [-0.3, -0.25) is 9.69 Å². The molecule has 1 aliphatic rings. The molecule has 3 rings (SSSR count). The number of amides is 1. The monoisotopic (exact) mass is 425 g/mol. The Morgan fingerprint density at radius 1 is 0.933 bits per heavy atom. The van der Waals surface area contributed by atoms with Gasteiger partial charge in [0.2, 0.25) is 0 Å². The Morgan fingerprint density at radius 3 is 2.13 bits per heavy atom. The first-order chi connectivity index (χ1) is 14.6. The molecule has 0 atom stereocenters. The minimum Gasteiger partial charge on any atom is -0.336 e. The number of hydrogen-bond acceptors (Lipinski definition) is 4. The van der Waals surface area contributed by atoms with Crippen molar-refractivity contribution in [3.05, 3.63) is 65.7 Å². The fourth-order valence-electron chi connectivity index (χ4n) is 4.47. The van der Waals surface area contributed by atoms with Crippen LogP contribution in [-0.4, -0.2) is 47.6 Å². The van der Waals surface area contributed by atoms with Gasteiger partial charge in [-0.2, -0.15) is 0 Å². The van der Waals surface area contributed by atoms with Gasteiger partial charge in [0, 0.05) is 48.7 Å². The van der Waals surface area contributed by atoms with E-state index in [1.807, 2.05) is 29.2 Å². The molecule has 0 spiro atoms. The lowest BCUT2D eigenvalue weighted by atomic mass is 9.82. The van der Waals surface area contributed by atoms with Gasteiger partial charge in [0.25, 0.3) is 5.91 Å². The van der Waals surface area contributed by atoms with E-state index in [1.54, 1.807) is 11.9 Å². The van der Waals surface area contributed by atoms with E-state index in [-0.39, 0.29) is 11.4 Å². The summed E-state index contributed by atoms with van der Waals surface area (Å²) in [5, 5.41) is 0. The second-order valence-corrected chi connectivity index (χ2v) is 8.81. The minimum atomic E-state index is 0.0554. The molecule has 5 heteroatoms. The van der Waals surface area contributed by atoms with E-state index in [4.69, 9.17) is 0 Å².